The molecule has 5 atom stereocenters. The van der Waals surface area contributed by atoms with Crippen molar-refractivity contribution in [3.05, 3.63) is 83.5 Å². The number of hydrogen-bond acceptors (Lipinski definition) is 7. The molecule has 40 heavy (non-hydrogen) atoms. The number of likely N-dealkylation sites (tertiary alicyclic amines) is 1. The molecule has 2 aromatic carbocycles. The van der Waals surface area contributed by atoms with Gasteiger partial charge in [-0.2, -0.15) is 4.98 Å². The molecule has 206 valence electrons. The number of aromatic nitrogens is 2. The molecule has 9 heteroatoms. The Balaban J connectivity index is 1.35. The van der Waals surface area contributed by atoms with Crippen LogP contribution in [-0.2, 0) is 14.4 Å². The Morgan fingerprint density at radius 1 is 0.975 bits per heavy atom. The average Bonchev–Trinajstić information content (AvgIpc) is 3.57. The Bertz CT molecular complexity index is 1550. The highest BCUT2D eigenvalue weighted by Gasteiger charge is 2.85. The molecule has 0 spiro atoms. The highest BCUT2D eigenvalue weighted by molar-refractivity contribution is 9.10. The van der Waals surface area contributed by atoms with Gasteiger partial charge in [-0.05, 0) is 62.3 Å². The third kappa shape index (κ3) is 3.37. The van der Waals surface area contributed by atoms with Crippen LogP contribution in [0.25, 0.3) is 11.1 Å². The van der Waals surface area contributed by atoms with Gasteiger partial charge in [0, 0.05) is 6.54 Å². The number of rotatable bonds is 8. The number of halogens is 1. The SMILES string of the molecule is Cc1noc([C@@H](N)CCCCN2C(=O)C3C4(C)C(=O)C(C)(C(c5ccccc5)=C4c4ccccc4)C3(Br)C2=O)n1. The van der Waals surface area contributed by atoms with Crippen molar-refractivity contribution in [3.63, 3.8) is 0 Å². The quantitative estimate of drug-likeness (QED) is 0.221. The van der Waals surface area contributed by atoms with Crippen molar-refractivity contribution in [2.24, 2.45) is 22.5 Å². The number of fused-ring (bicyclic) bond motifs is 5. The zero-order chi connectivity index (χ0) is 28.4. The maximum atomic E-state index is 14.4. The van der Waals surface area contributed by atoms with Crippen molar-refractivity contribution in [3.8, 4) is 0 Å². The van der Waals surface area contributed by atoms with Gasteiger partial charge in [-0.25, -0.2) is 0 Å². The lowest BCUT2D eigenvalue weighted by Gasteiger charge is -2.41. The fourth-order valence-electron chi connectivity index (χ4n) is 7.29. The number of allylic oxidation sites excluding steroid dienone is 2. The van der Waals surface area contributed by atoms with Crippen LogP contribution in [0.3, 0.4) is 0 Å². The summed E-state index contributed by atoms with van der Waals surface area (Å²) in [6.07, 6.45) is 1.81. The first-order chi connectivity index (χ1) is 19.1. The zero-order valence-corrected chi connectivity index (χ0v) is 24.3. The van der Waals surface area contributed by atoms with Gasteiger partial charge in [0.05, 0.1) is 22.8 Å². The predicted molar refractivity (Wildman–Crippen MR) is 153 cm³/mol. The van der Waals surface area contributed by atoms with E-state index in [-0.39, 0.29) is 24.1 Å². The molecule has 2 amide bonds. The molecular formula is C31H31BrN4O4. The molecule has 3 aromatic rings. The van der Waals surface area contributed by atoms with Crippen LogP contribution < -0.4 is 5.73 Å². The molecule has 1 saturated heterocycles. The van der Waals surface area contributed by atoms with E-state index >= 15 is 0 Å². The normalized spacial score (nSPS) is 30.0. The largest absolute Gasteiger partial charge is 0.338 e. The standard InChI is InChI=1S/C31H31BrN4O4/c1-18-34-25(40-35-18)21(33)16-10-11-17-36-26(37)24-29(2)22(19-12-6-4-7-13-19)23(20-14-8-5-9-15-20)30(3,27(29)38)31(24,32)28(36)39/h4-9,12-15,21,24H,10-11,16-17,33H2,1-3H3/t21-,24?,29?,30?,31?/m0/s1. The van der Waals surface area contributed by atoms with Gasteiger partial charge in [-0.3, -0.25) is 19.3 Å². The molecule has 1 saturated carbocycles. The Kier molecular flexibility index (Phi) is 6.23. The van der Waals surface area contributed by atoms with Gasteiger partial charge in [0.25, 0.3) is 0 Å². The van der Waals surface area contributed by atoms with Crippen molar-refractivity contribution in [1.29, 1.82) is 0 Å². The summed E-state index contributed by atoms with van der Waals surface area (Å²) < 4.78 is 3.79. The summed E-state index contributed by atoms with van der Waals surface area (Å²) in [5, 5.41) is 3.78. The summed E-state index contributed by atoms with van der Waals surface area (Å²) in [6.45, 7) is 5.66. The van der Waals surface area contributed by atoms with Gasteiger partial charge in [-0.1, -0.05) is 81.8 Å². The van der Waals surface area contributed by atoms with E-state index in [1.54, 1.807) is 6.92 Å². The summed E-state index contributed by atoms with van der Waals surface area (Å²) in [5.41, 5.74) is 7.18. The molecule has 8 nitrogen and oxygen atoms in total. The Hall–Kier alpha value is -3.43. The Labute approximate surface area is 241 Å². The second kappa shape index (κ2) is 9.31. The lowest BCUT2D eigenvalue weighted by atomic mass is 9.63. The first-order valence-electron chi connectivity index (χ1n) is 13.6. The fraction of sp³-hybridized carbons (Fsp3) is 0.387. The van der Waals surface area contributed by atoms with Crippen molar-refractivity contribution in [2.75, 3.05) is 6.54 Å². The Morgan fingerprint density at radius 3 is 2.15 bits per heavy atom. The second-order valence-corrected chi connectivity index (χ2v) is 12.6. The lowest BCUT2D eigenvalue weighted by Crippen LogP contribution is -2.50. The van der Waals surface area contributed by atoms with E-state index in [4.69, 9.17) is 10.3 Å². The molecule has 0 radical (unpaired) electrons. The first-order valence-corrected chi connectivity index (χ1v) is 14.4. The van der Waals surface area contributed by atoms with Gasteiger partial charge in [0.1, 0.15) is 4.32 Å². The highest BCUT2D eigenvalue weighted by Crippen LogP contribution is 2.77. The van der Waals surface area contributed by atoms with Crippen LogP contribution in [0.15, 0.2) is 65.2 Å². The maximum Gasteiger partial charge on any atom is 0.248 e. The van der Waals surface area contributed by atoms with Gasteiger partial charge in [-0.15, -0.1) is 0 Å². The molecule has 2 bridgehead atoms. The van der Waals surface area contributed by atoms with Crippen LogP contribution in [0.5, 0.6) is 0 Å². The van der Waals surface area contributed by atoms with Crippen LogP contribution in [0.4, 0.5) is 0 Å². The number of hydrogen-bond donors (Lipinski definition) is 1. The van der Waals surface area contributed by atoms with E-state index in [2.05, 4.69) is 26.1 Å². The van der Waals surface area contributed by atoms with Crippen LogP contribution in [0, 0.1) is 23.7 Å². The number of benzene rings is 2. The lowest BCUT2D eigenvalue weighted by molar-refractivity contribution is -0.144. The van der Waals surface area contributed by atoms with Gasteiger partial charge in [0.15, 0.2) is 11.6 Å². The summed E-state index contributed by atoms with van der Waals surface area (Å²) in [6, 6.07) is 19.1. The van der Waals surface area contributed by atoms with Gasteiger partial charge >= 0.3 is 0 Å². The van der Waals surface area contributed by atoms with E-state index < -0.39 is 27.1 Å². The molecule has 2 heterocycles. The molecule has 2 aliphatic carbocycles. The number of nitrogens with zero attached hydrogens (tertiary/aromatic N) is 3. The van der Waals surface area contributed by atoms with Crippen LogP contribution in [-0.4, -0.2) is 43.5 Å². The number of Topliss-reactive ketones (excluding diaryl/α,β-unsaturated/α-hetero) is 1. The number of alkyl halides is 1. The predicted octanol–water partition coefficient (Wildman–Crippen LogP) is 4.89. The molecule has 3 aliphatic rings. The monoisotopic (exact) mass is 602 g/mol. The number of ketones is 1. The maximum absolute atomic E-state index is 14.4. The minimum absolute atomic E-state index is 0.0956. The number of nitrogens with two attached hydrogens (primary N) is 1. The zero-order valence-electron chi connectivity index (χ0n) is 22.7. The molecule has 1 aromatic heterocycles. The number of carbonyl (C=O) groups is 3. The van der Waals surface area contributed by atoms with Crippen LogP contribution in [0.1, 0.15) is 62.0 Å². The fourth-order valence-corrected chi connectivity index (χ4v) is 8.54. The molecule has 1 aliphatic heterocycles. The summed E-state index contributed by atoms with van der Waals surface area (Å²) in [5.74, 6) is -0.697. The number of unbranched alkanes of at least 4 members (excludes halogenated alkanes) is 1. The molecule has 4 unspecified atom stereocenters. The summed E-state index contributed by atoms with van der Waals surface area (Å²) in [7, 11) is 0. The van der Waals surface area contributed by atoms with Crippen LogP contribution >= 0.6 is 15.9 Å². The number of imide groups is 1. The van der Waals surface area contributed by atoms with Crippen molar-refractivity contribution in [2.45, 2.75) is 50.4 Å². The molecule has 2 N–H and O–H groups in total. The van der Waals surface area contributed by atoms with Crippen molar-refractivity contribution < 1.29 is 18.9 Å². The average molecular weight is 604 g/mol. The minimum Gasteiger partial charge on any atom is -0.338 e. The number of amides is 2. The summed E-state index contributed by atoms with van der Waals surface area (Å²) >= 11 is 3.80. The second-order valence-electron chi connectivity index (χ2n) is 11.4. The van der Waals surface area contributed by atoms with E-state index in [0.717, 1.165) is 22.3 Å². The third-order valence-corrected chi connectivity index (χ3v) is 10.7. The number of carbonyl (C=O) groups excluding carboxylic acids is 3. The van der Waals surface area contributed by atoms with E-state index in [9.17, 15) is 14.4 Å². The molecule has 2 fully saturated rings. The highest BCUT2D eigenvalue weighted by atomic mass is 79.9. The van der Waals surface area contributed by atoms with E-state index in [1.165, 1.54) is 4.90 Å². The van der Waals surface area contributed by atoms with E-state index in [1.807, 2.05) is 74.5 Å². The van der Waals surface area contributed by atoms with Crippen molar-refractivity contribution in [1.82, 2.24) is 15.0 Å². The Morgan fingerprint density at radius 2 is 1.57 bits per heavy atom. The minimum atomic E-state index is -1.37. The summed E-state index contributed by atoms with van der Waals surface area (Å²) in [4.78, 5) is 48.3. The van der Waals surface area contributed by atoms with Crippen molar-refractivity contribution >= 4 is 44.7 Å². The van der Waals surface area contributed by atoms with Gasteiger partial charge in [0.2, 0.25) is 17.7 Å². The number of aryl methyl sites for hydroxylation is 1. The van der Waals surface area contributed by atoms with Crippen LogP contribution in [0.2, 0.25) is 0 Å². The third-order valence-electron chi connectivity index (χ3n) is 9.10. The van der Waals surface area contributed by atoms with Gasteiger partial charge < -0.3 is 10.3 Å². The topological polar surface area (TPSA) is 119 Å². The first kappa shape index (κ1) is 26.8. The molecular weight excluding hydrogens is 572 g/mol. The smallest absolute Gasteiger partial charge is 0.248 e. The molecule has 6 rings (SSSR count). The van der Waals surface area contributed by atoms with E-state index in [0.29, 0.717) is 31.0 Å².